The Morgan fingerprint density at radius 3 is 1.45 bits per heavy atom. The molecule has 3 saturated heterocycles. The third-order valence-corrected chi connectivity index (χ3v) is 12.9. The highest BCUT2D eigenvalue weighted by molar-refractivity contribution is 5.76. The number of amides is 1. The molecule has 3 fully saturated rings. The van der Waals surface area contributed by atoms with E-state index in [1.807, 2.05) is 6.08 Å². The Balaban J connectivity index is 1.58. The van der Waals surface area contributed by atoms with Gasteiger partial charge in [-0.2, -0.15) is 0 Å². The van der Waals surface area contributed by atoms with Crippen LogP contribution in [0.3, 0.4) is 0 Å². The fourth-order valence-corrected chi connectivity index (χ4v) is 8.57. The van der Waals surface area contributed by atoms with Crippen LogP contribution in [0.4, 0.5) is 0 Å². The number of rotatable bonds is 35. The Labute approximate surface area is 409 Å². The lowest BCUT2D eigenvalue weighted by molar-refractivity contribution is -0.379. The Morgan fingerprint density at radius 2 is 0.928 bits per heavy atom. The van der Waals surface area contributed by atoms with E-state index < -0.39 is 124 Å². The van der Waals surface area contributed by atoms with Crippen molar-refractivity contribution in [3.8, 4) is 0 Å². The summed E-state index contributed by atoms with van der Waals surface area (Å²) in [5.41, 5.74) is 0. The highest BCUT2D eigenvalue weighted by Crippen LogP contribution is 2.33. The Hall–Kier alpha value is -1.99. The maximum absolute atomic E-state index is 13.2. The molecule has 17 atom stereocenters. The number of unbranched alkanes of at least 4 members (excludes halogenated alkanes) is 15. The number of hydrogen-bond donors (Lipinski definition) is 12. The summed E-state index contributed by atoms with van der Waals surface area (Å²) in [5.74, 6) is -0.297. The minimum absolute atomic E-state index is 0.232. The van der Waals surface area contributed by atoms with Crippen LogP contribution >= 0.6 is 0 Å². The minimum atomic E-state index is -1.98. The SMILES string of the molecule is CCCCCCC/C=C/CC/C=C/CC/C=C/C(O)C(COC1OC(CO)C(OC2OC(CO)C(OC3OC(CO)C(O)C(O)C3O)C(O)C2O)C(O)C1O)NC(=O)CCCCCCCCCCC. The average Bonchev–Trinajstić information content (AvgIpc) is 3.34. The van der Waals surface area contributed by atoms with Gasteiger partial charge in [-0.25, -0.2) is 0 Å². The highest BCUT2D eigenvalue weighted by atomic mass is 16.8. The van der Waals surface area contributed by atoms with Crippen LogP contribution < -0.4 is 5.32 Å². The largest absolute Gasteiger partial charge is 0.394 e. The molecule has 0 aromatic carbocycles. The van der Waals surface area contributed by atoms with E-state index in [1.165, 1.54) is 64.2 Å². The van der Waals surface area contributed by atoms with Gasteiger partial charge in [-0.3, -0.25) is 4.79 Å². The number of carbonyl (C=O) groups excluding carboxylic acids is 1. The van der Waals surface area contributed by atoms with Crippen LogP contribution in [0, 0.1) is 0 Å². The summed E-state index contributed by atoms with van der Waals surface area (Å²) in [6.07, 6.45) is 5.93. The summed E-state index contributed by atoms with van der Waals surface area (Å²) in [4.78, 5) is 13.2. The van der Waals surface area contributed by atoms with Crippen molar-refractivity contribution in [3.63, 3.8) is 0 Å². The molecule has 19 heteroatoms. The number of carbonyl (C=O) groups is 1. The van der Waals surface area contributed by atoms with E-state index in [-0.39, 0.29) is 18.9 Å². The zero-order chi connectivity index (χ0) is 50.6. The molecular formula is C50H89NO18. The highest BCUT2D eigenvalue weighted by Gasteiger charge is 2.53. The van der Waals surface area contributed by atoms with Crippen LogP contribution in [0.2, 0.25) is 0 Å². The van der Waals surface area contributed by atoms with Crippen LogP contribution in [0.15, 0.2) is 36.5 Å². The van der Waals surface area contributed by atoms with Gasteiger partial charge in [0, 0.05) is 6.42 Å². The Morgan fingerprint density at radius 1 is 0.507 bits per heavy atom. The first-order valence-corrected chi connectivity index (χ1v) is 25.7. The lowest BCUT2D eigenvalue weighted by Crippen LogP contribution is -2.66. The Bertz CT molecular complexity index is 1420. The molecule has 1 amide bonds. The van der Waals surface area contributed by atoms with Crippen LogP contribution in [0.5, 0.6) is 0 Å². The second kappa shape index (κ2) is 35.2. The molecule has 0 aliphatic carbocycles. The number of aliphatic hydroxyl groups is 11. The second-order valence-corrected chi connectivity index (χ2v) is 18.6. The molecule has 0 aromatic heterocycles. The third kappa shape index (κ3) is 21.2. The van der Waals surface area contributed by atoms with Gasteiger partial charge in [0.2, 0.25) is 5.91 Å². The molecule has 19 nitrogen and oxygen atoms in total. The number of hydrogen-bond acceptors (Lipinski definition) is 18. The number of ether oxygens (including phenoxy) is 6. The standard InChI is InChI=1S/C50H89NO18/c1-3-5-7-9-11-13-14-15-16-17-18-20-21-23-25-27-34(55)33(51-38(56)28-26-24-22-19-12-10-8-6-4-2)32-64-48-44(62)41(59)46(36(30-53)66-48)69-50-45(63)42(60)47(37(31-54)67-50)68-49-43(61)40(58)39(57)35(29-52)65-49/h14-15,18,20,25,27,33-37,39-50,52-55,57-63H,3-13,16-17,19,21-24,26,28-32H2,1-2H3,(H,51,56)/b15-14+,20-18+,27-25+. The van der Waals surface area contributed by atoms with E-state index in [0.717, 1.165) is 44.9 Å². The summed E-state index contributed by atoms with van der Waals surface area (Å²) in [6.45, 7) is 1.60. The van der Waals surface area contributed by atoms with Gasteiger partial charge in [0.15, 0.2) is 18.9 Å². The van der Waals surface area contributed by atoms with Gasteiger partial charge in [-0.1, -0.05) is 127 Å². The van der Waals surface area contributed by atoms with E-state index in [2.05, 4.69) is 43.5 Å². The molecule has 69 heavy (non-hydrogen) atoms. The summed E-state index contributed by atoms with van der Waals surface area (Å²) < 4.78 is 34.0. The molecular weight excluding hydrogens is 903 g/mol. The number of nitrogens with one attached hydrogen (secondary N) is 1. The topological polar surface area (TPSA) is 307 Å². The van der Waals surface area contributed by atoms with Crippen LogP contribution in [-0.2, 0) is 33.2 Å². The number of aliphatic hydroxyl groups excluding tert-OH is 11. The molecule has 3 aliphatic heterocycles. The van der Waals surface area contributed by atoms with E-state index >= 15 is 0 Å². The monoisotopic (exact) mass is 992 g/mol. The van der Waals surface area contributed by atoms with Gasteiger partial charge in [0.25, 0.3) is 0 Å². The van der Waals surface area contributed by atoms with Crippen LogP contribution in [-0.4, -0.2) is 193 Å². The van der Waals surface area contributed by atoms with Crippen molar-refractivity contribution in [2.45, 2.75) is 247 Å². The van der Waals surface area contributed by atoms with Crippen LogP contribution in [0.1, 0.15) is 142 Å². The smallest absolute Gasteiger partial charge is 0.220 e. The van der Waals surface area contributed by atoms with Crippen molar-refractivity contribution in [2.75, 3.05) is 26.4 Å². The van der Waals surface area contributed by atoms with Gasteiger partial charge in [0.05, 0.1) is 38.6 Å². The van der Waals surface area contributed by atoms with Gasteiger partial charge in [-0.15, -0.1) is 0 Å². The van der Waals surface area contributed by atoms with Crippen molar-refractivity contribution in [1.82, 2.24) is 5.32 Å². The van der Waals surface area contributed by atoms with Gasteiger partial charge >= 0.3 is 0 Å². The van der Waals surface area contributed by atoms with E-state index in [0.29, 0.717) is 12.8 Å². The predicted octanol–water partition coefficient (Wildman–Crippen LogP) is 1.81. The summed E-state index contributed by atoms with van der Waals surface area (Å²) >= 11 is 0. The molecule has 3 heterocycles. The molecule has 0 bridgehead atoms. The molecule has 0 aromatic rings. The van der Waals surface area contributed by atoms with Gasteiger partial charge in [0.1, 0.15) is 73.2 Å². The second-order valence-electron chi connectivity index (χ2n) is 18.6. The van der Waals surface area contributed by atoms with E-state index in [4.69, 9.17) is 28.4 Å². The predicted molar refractivity (Wildman–Crippen MR) is 254 cm³/mol. The summed E-state index contributed by atoms with van der Waals surface area (Å²) in [7, 11) is 0. The maximum Gasteiger partial charge on any atom is 0.220 e. The quantitative estimate of drug-likeness (QED) is 0.0318. The van der Waals surface area contributed by atoms with Crippen molar-refractivity contribution in [1.29, 1.82) is 0 Å². The maximum atomic E-state index is 13.2. The van der Waals surface area contributed by atoms with Crippen molar-refractivity contribution in [3.05, 3.63) is 36.5 Å². The van der Waals surface area contributed by atoms with Gasteiger partial charge in [-0.05, 0) is 44.9 Å². The normalized spacial score (nSPS) is 33.1. The minimum Gasteiger partial charge on any atom is -0.394 e. The van der Waals surface area contributed by atoms with Crippen molar-refractivity contribution in [2.24, 2.45) is 0 Å². The first kappa shape index (κ1) is 61.3. The first-order valence-electron chi connectivity index (χ1n) is 25.7. The molecule has 3 aliphatic rings. The summed E-state index contributed by atoms with van der Waals surface area (Å²) in [5, 5.41) is 119. The molecule has 0 saturated carbocycles. The van der Waals surface area contributed by atoms with Gasteiger partial charge < -0.3 is 89.9 Å². The molecule has 3 rings (SSSR count). The molecule has 17 unspecified atom stereocenters. The molecule has 0 radical (unpaired) electrons. The van der Waals surface area contributed by atoms with E-state index in [1.54, 1.807) is 6.08 Å². The van der Waals surface area contributed by atoms with Crippen LogP contribution in [0.25, 0.3) is 0 Å². The molecule has 402 valence electrons. The molecule has 0 spiro atoms. The zero-order valence-electron chi connectivity index (χ0n) is 41.0. The summed E-state index contributed by atoms with van der Waals surface area (Å²) in [6, 6.07) is -0.989. The third-order valence-electron chi connectivity index (χ3n) is 12.9. The number of allylic oxidation sites excluding steroid dienone is 5. The Kier molecular flexibility index (Phi) is 31.3. The first-order chi connectivity index (χ1) is 33.3. The average molecular weight is 992 g/mol. The zero-order valence-corrected chi connectivity index (χ0v) is 41.0. The fraction of sp³-hybridized carbons (Fsp3) is 0.860. The lowest BCUT2D eigenvalue weighted by Gasteiger charge is -2.48. The van der Waals surface area contributed by atoms with Crippen molar-refractivity contribution < 1.29 is 89.4 Å². The molecule has 12 N–H and O–H groups in total. The van der Waals surface area contributed by atoms with Crippen molar-refractivity contribution >= 4 is 5.91 Å². The fourth-order valence-electron chi connectivity index (χ4n) is 8.57. The van der Waals surface area contributed by atoms with E-state index in [9.17, 15) is 61.0 Å². The lowest BCUT2D eigenvalue weighted by atomic mass is 9.96.